The fourth-order valence-corrected chi connectivity index (χ4v) is 12.6. The van der Waals surface area contributed by atoms with Gasteiger partial charge in [0.1, 0.15) is 48.1 Å². The van der Waals surface area contributed by atoms with Gasteiger partial charge in [-0.1, -0.05) is 27.2 Å². The number of aryl methyl sites for hydroxylation is 1. The average Bonchev–Trinajstić information content (AvgIpc) is 4.24. The number of aromatic nitrogens is 5. The summed E-state index contributed by atoms with van der Waals surface area (Å²) in [4.78, 5) is 72.8. The lowest BCUT2D eigenvalue weighted by Gasteiger charge is -2.40. The molecule has 0 spiro atoms. The molecule has 3 saturated heterocycles. The summed E-state index contributed by atoms with van der Waals surface area (Å²) in [6, 6.07) is 13.8. The van der Waals surface area contributed by atoms with Crippen LogP contribution in [-0.2, 0) is 30.2 Å². The van der Waals surface area contributed by atoms with Gasteiger partial charge in [-0.15, -0.1) is 11.3 Å². The quantitative estimate of drug-likeness (QED) is 0.0878. The number of nitrogens with zero attached hydrogens (tertiary/aromatic N) is 3. The molecule has 0 saturated carbocycles. The minimum atomic E-state index is -0.759. The summed E-state index contributed by atoms with van der Waals surface area (Å²) in [6.45, 7) is 11.5. The molecule has 17 nitrogen and oxygen atoms in total. The van der Waals surface area contributed by atoms with Gasteiger partial charge in [0, 0.05) is 41.1 Å². The van der Waals surface area contributed by atoms with Gasteiger partial charge >= 0.3 is 12.2 Å². The molecule has 0 bridgehead atoms. The Bertz CT molecular complexity index is 3060. The minimum absolute atomic E-state index is 0. The van der Waals surface area contributed by atoms with Crippen LogP contribution >= 0.6 is 51.8 Å². The van der Waals surface area contributed by atoms with Crippen LogP contribution in [0.3, 0.4) is 0 Å². The number of aromatic amines is 4. The number of fused-ring (bicyclic) bond motifs is 5. The second kappa shape index (κ2) is 23.9. The molecular weight excluding hydrogens is 1050 g/mol. The standard InChI is InChI=1S/C54H64FN9O8S.3H2S/c1-8-11-34-15-17-43(73-34)51-64-38-16-14-30(36-27-56-47(58-36)40-13-10-20-63(40)50(66)46(61-53(68)70-7)31-18-21-71-54(4,5)26-31)22-33(38)24-41(64)44-35(55)23-32(25-42(44)72-51)37-28-57-48(59-37)39-12-9-19-62(39)49(65)45(29(2)3)60-52(67)69-6;;;/h14-17,22-25,27-29,31,39-40,45-46,51H,8-13,18-21,26H2,1-7H3,(H,56,58)(H,57,59)(H,60,67)(H,61,68);3*1H2/p+2/t31?,39-,40-,45-,46?,51?;;;/m0.../s1. The van der Waals surface area contributed by atoms with Crippen molar-refractivity contribution >= 4 is 86.7 Å². The first-order valence-electron chi connectivity index (χ1n) is 25.5. The lowest BCUT2D eigenvalue weighted by atomic mass is 9.82. The summed E-state index contributed by atoms with van der Waals surface area (Å²) in [7, 11) is 2.58. The van der Waals surface area contributed by atoms with Crippen LogP contribution in [0.2, 0.25) is 0 Å². The summed E-state index contributed by atoms with van der Waals surface area (Å²) in [5.74, 6) is 0.836. The van der Waals surface area contributed by atoms with Crippen molar-refractivity contribution in [2.45, 2.75) is 122 Å². The Hall–Kier alpha value is -5.68. The molecule has 4 amide bonds. The third-order valence-electron chi connectivity index (χ3n) is 15.0. The van der Waals surface area contributed by atoms with Crippen LogP contribution in [0, 0.1) is 17.7 Å². The van der Waals surface area contributed by atoms with E-state index in [0.717, 1.165) is 65.0 Å². The first-order chi connectivity index (χ1) is 35.1. The maximum atomic E-state index is 17.0. The Morgan fingerprint density at radius 3 is 2.12 bits per heavy atom. The maximum absolute atomic E-state index is 17.0. The zero-order chi connectivity index (χ0) is 51.3. The van der Waals surface area contributed by atoms with E-state index < -0.39 is 41.9 Å². The summed E-state index contributed by atoms with van der Waals surface area (Å²) in [5, 5.41) is 6.47. The summed E-state index contributed by atoms with van der Waals surface area (Å²) in [5.41, 5.74) is 4.44. The predicted molar refractivity (Wildman–Crippen MR) is 302 cm³/mol. The second-order valence-electron chi connectivity index (χ2n) is 20.7. The highest BCUT2D eigenvalue weighted by Crippen LogP contribution is 2.48. The number of benzene rings is 2. The van der Waals surface area contributed by atoms with Crippen LogP contribution in [0.5, 0.6) is 5.75 Å². The molecule has 4 aliphatic rings. The van der Waals surface area contributed by atoms with Crippen LogP contribution in [0.15, 0.2) is 60.9 Å². The smallest absolute Gasteiger partial charge is 0.407 e. The minimum Gasteiger partial charge on any atom is -0.464 e. The predicted octanol–water partition coefficient (Wildman–Crippen LogP) is 8.99. The number of rotatable bonds is 13. The molecule has 0 radical (unpaired) electrons. The Morgan fingerprint density at radius 2 is 1.49 bits per heavy atom. The fourth-order valence-electron chi connectivity index (χ4n) is 11.4. The number of amides is 4. The molecule has 3 unspecified atom stereocenters. The van der Waals surface area contributed by atoms with Crippen LogP contribution < -0.4 is 25.3 Å². The SMILES string of the molecule is CCCc1ccc(C2Oc3cc(-c4c[nH+]c([C@@H]5CCCN5C(=O)[C@@H](NC(=O)OC)C(C)C)[nH]4)cc(F)c3-c3cc4cc(-c5c[nH+]c([C@@H]6CCCN6C(=O)C(NC(=O)OC)C6CCOC(C)(C)C6)[nH]5)ccc4n32)s1.S.S.S. The normalized spacial score (nSPS) is 20.3. The number of halogens is 1. The number of nitrogens with one attached hydrogen (secondary N) is 6. The van der Waals surface area contributed by atoms with Crippen molar-refractivity contribution in [3.63, 3.8) is 0 Å². The summed E-state index contributed by atoms with van der Waals surface area (Å²) < 4.78 is 41.8. The van der Waals surface area contributed by atoms with E-state index in [1.54, 1.807) is 22.4 Å². The average molecular weight is 1120 g/mol. The number of hydrogen-bond acceptors (Lipinski definition) is 9. The van der Waals surface area contributed by atoms with Crippen molar-refractivity contribution in [1.29, 1.82) is 0 Å². The van der Waals surface area contributed by atoms with E-state index in [4.69, 9.17) is 18.9 Å². The number of carbonyl (C=O) groups is 4. The van der Waals surface area contributed by atoms with Crippen LogP contribution in [0.4, 0.5) is 14.0 Å². The van der Waals surface area contributed by atoms with Crippen LogP contribution in [0.25, 0.3) is 44.7 Å². The first-order valence-corrected chi connectivity index (χ1v) is 26.4. The molecule has 6 N–H and O–H groups in total. The van der Waals surface area contributed by atoms with E-state index in [2.05, 4.69) is 66.3 Å². The number of methoxy groups -OCH3 is 2. The molecule has 6 atom stereocenters. The molecule has 76 heavy (non-hydrogen) atoms. The Labute approximate surface area is 467 Å². The van der Waals surface area contributed by atoms with Gasteiger partial charge in [0.05, 0.1) is 41.5 Å². The molecule has 2 aromatic carbocycles. The van der Waals surface area contributed by atoms with Crippen molar-refractivity contribution in [3.8, 4) is 39.5 Å². The van der Waals surface area contributed by atoms with Gasteiger partial charge < -0.3 is 39.4 Å². The molecule has 6 aromatic rings. The topological polar surface area (TPSA) is 201 Å². The van der Waals surface area contributed by atoms with E-state index in [1.807, 2.05) is 57.0 Å². The van der Waals surface area contributed by atoms with Crippen molar-refractivity contribution in [2.75, 3.05) is 33.9 Å². The third kappa shape index (κ3) is 11.3. The number of carbonyl (C=O) groups excluding carboxylic acids is 4. The van der Waals surface area contributed by atoms with E-state index in [1.165, 1.54) is 25.2 Å². The molecule has 0 aliphatic carbocycles. The van der Waals surface area contributed by atoms with Gasteiger partial charge in [-0.25, -0.2) is 33.9 Å². The summed E-state index contributed by atoms with van der Waals surface area (Å²) >= 11 is 1.69. The highest BCUT2D eigenvalue weighted by Gasteiger charge is 2.45. The van der Waals surface area contributed by atoms with Gasteiger partial charge in [-0.3, -0.25) is 14.2 Å². The molecule has 22 heteroatoms. The zero-order valence-corrected chi connectivity index (χ0v) is 47.8. The molecule has 410 valence electrons. The van der Waals surface area contributed by atoms with E-state index in [9.17, 15) is 19.2 Å². The molecule has 10 rings (SSSR count). The molecule has 8 heterocycles. The van der Waals surface area contributed by atoms with E-state index in [-0.39, 0.29) is 76.2 Å². The third-order valence-corrected chi connectivity index (χ3v) is 16.2. The second-order valence-corrected chi connectivity index (χ2v) is 21.9. The number of alkyl carbamates (subject to hydrolysis) is 2. The molecule has 3 fully saturated rings. The highest BCUT2D eigenvalue weighted by atomic mass is 32.1. The fraction of sp³-hybridized carbons (Fsp3) is 0.481. The van der Waals surface area contributed by atoms with Gasteiger partial charge in [0.15, 0.2) is 11.4 Å². The molecule has 4 aromatic heterocycles. The van der Waals surface area contributed by atoms with Gasteiger partial charge in [-0.05, 0) is 119 Å². The summed E-state index contributed by atoms with van der Waals surface area (Å²) in [6.07, 6.45) is 8.07. The lowest BCUT2D eigenvalue weighted by Crippen LogP contribution is -2.55. The molecule has 4 aliphatic heterocycles. The number of thiophene rings is 1. The number of imidazole rings is 2. The highest BCUT2D eigenvalue weighted by molar-refractivity contribution is 7.59. The Balaban J connectivity index is 0.00000280. The largest absolute Gasteiger partial charge is 0.464 e. The lowest BCUT2D eigenvalue weighted by molar-refractivity contribution is -0.393. The van der Waals surface area contributed by atoms with Crippen LogP contribution in [-0.4, -0.2) is 99.9 Å². The number of H-pyrrole nitrogens is 4. The van der Waals surface area contributed by atoms with Gasteiger partial charge in [0.25, 0.3) is 11.6 Å². The Morgan fingerprint density at radius 1 is 0.842 bits per heavy atom. The van der Waals surface area contributed by atoms with Gasteiger partial charge in [-0.2, -0.15) is 40.5 Å². The first kappa shape index (κ1) is 58.0. The van der Waals surface area contributed by atoms with Crippen molar-refractivity contribution in [1.82, 2.24) is 35.0 Å². The van der Waals surface area contributed by atoms with E-state index in [0.29, 0.717) is 73.0 Å². The van der Waals surface area contributed by atoms with Crippen molar-refractivity contribution < 1.29 is 52.5 Å². The number of likely N-dealkylation sites (tertiary alicyclic amines) is 2. The number of ether oxygens (including phenoxy) is 4. The monoisotopic (exact) mass is 1120 g/mol. The van der Waals surface area contributed by atoms with Crippen LogP contribution in [0.1, 0.15) is 119 Å². The van der Waals surface area contributed by atoms with Crippen molar-refractivity contribution in [3.05, 3.63) is 88.1 Å². The number of hydrogen-bond donors (Lipinski definition) is 4. The van der Waals surface area contributed by atoms with Crippen molar-refractivity contribution in [2.24, 2.45) is 11.8 Å². The maximum Gasteiger partial charge on any atom is 0.407 e. The molecular formula is C54H72FN9O8S4+2. The Kier molecular flexibility index (Phi) is 18.3. The van der Waals surface area contributed by atoms with Gasteiger partial charge in [0.2, 0.25) is 18.0 Å². The van der Waals surface area contributed by atoms with E-state index >= 15 is 4.39 Å². The zero-order valence-electron chi connectivity index (χ0n) is 44.0.